The highest BCUT2D eigenvalue weighted by atomic mass is 35.5. The molecule has 0 radical (unpaired) electrons. The number of aromatic nitrogens is 4. The molecule has 28 heavy (non-hydrogen) atoms. The summed E-state index contributed by atoms with van der Waals surface area (Å²) in [5.41, 5.74) is 3.64. The normalized spacial score (nSPS) is 10.9. The van der Waals surface area contributed by atoms with Gasteiger partial charge in [0.15, 0.2) is 5.82 Å². The van der Waals surface area contributed by atoms with E-state index in [0.29, 0.717) is 11.8 Å². The molecule has 6 nitrogen and oxygen atoms in total. The zero-order valence-electron chi connectivity index (χ0n) is 15.3. The molecule has 2 heterocycles. The second-order valence-electron chi connectivity index (χ2n) is 6.50. The van der Waals surface area contributed by atoms with Crippen LogP contribution in [0.15, 0.2) is 60.9 Å². The fourth-order valence-electron chi connectivity index (χ4n) is 3.10. The molecule has 2 aromatic carbocycles. The van der Waals surface area contributed by atoms with Crippen LogP contribution in [0.3, 0.4) is 0 Å². The molecule has 0 aliphatic heterocycles. The summed E-state index contributed by atoms with van der Waals surface area (Å²) in [7, 11) is 0. The summed E-state index contributed by atoms with van der Waals surface area (Å²) in [5, 5.41) is 16.6. The molecule has 0 fully saturated rings. The van der Waals surface area contributed by atoms with Gasteiger partial charge in [0.1, 0.15) is 0 Å². The highest BCUT2D eigenvalue weighted by Gasteiger charge is 2.04. The number of halogens is 1. The predicted molar refractivity (Wildman–Crippen MR) is 114 cm³/mol. The summed E-state index contributed by atoms with van der Waals surface area (Å²) in [6.07, 6.45) is 5.44. The van der Waals surface area contributed by atoms with Crippen molar-refractivity contribution in [2.45, 2.75) is 12.8 Å². The zero-order chi connectivity index (χ0) is 19.2. The molecule has 4 rings (SSSR count). The van der Waals surface area contributed by atoms with E-state index < -0.39 is 0 Å². The van der Waals surface area contributed by atoms with Crippen LogP contribution in [0.4, 0.5) is 11.8 Å². The Kier molecular flexibility index (Phi) is 5.68. The van der Waals surface area contributed by atoms with Crippen molar-refractivity contribution in [1.82, 2.24) is 20.2 Å². The molecule has 142 valence electrons. The summed E-state index contributed by atoms with van der Waals surface area (Å²) in [6, 6.07) is 16.2. The summed E-state index contributed by atoms with van der Waals surface area (Å²) < 4.78 is 0. The van der Waals surface area contributed by atoms with Crippen LogP contribution < -0.4 is 10.6 Å². The van der Waals surface area contributed by atoms with Crippen molar-refractivity contribution < 1.29 is 0 Å². The van der Waals surface area contributed by atoms with Gasteiger partial charge in [0.25, 0.3) is 0 Å². The number of aromatic amines is 1. The third-order valence-corrected chi connectivity index (χ3v) is 4.80. The van der Waals surface area contributed by atoms with Crippen molar-refractivity contribution in [1.29, 1.82) is 0 Å². The van der Waals surface area contributed by atoms with Crippen LogP contribution in [0.2, 0.25) is 5.02 Å². The molecule has 0 bridgehead atoms. The number of anilines is 2. The maximum Gasteiger partial charge on any atom is 0.244 e. The number of nitrogens with zero attached hydrogens (tertiary/aromatic N) is 3. The van der Waals surface area contributed by atoms with Gasteiger partial charge in [0, 0.05) is 35.2 Å². The first-order valence-electron chi connectivity index (χ1n) is 9.25. The molecule has 3 N–H and O–H groups in total. The van der Waals surface area contributed by atoms with Crippen molar-refractivity contribution in [2.24, 2.45) is 0 Å². The molecular formula is C21H21ClN6. The Bertz CT molecular complexity index is 1040. The van der Waals surface area contributed by atoms with Gasteiger partial charge in [0.2, 0.25) is 5.95 Å². The summed E-state index contributed by atoms with van der Waals surface area (Å²) in [6.45, 7) is 1.49. The van der Waals surface area contributed by atoms with Gasteiger partial charge in [-0.05, 0) is 42.2 Å². The number of para-hydroxylation sites is 1. The van der Waals surface area contributed by atoms with Gasteiger partial charge in [-0.1, -0.05) is 41.9 Å². The molecule has 0 amide bonds. The van der Waals surface area contributed by atoms with Crippen LogP contribution in [0.5, 0.6) is 0 Å². The van der Waals surface area contributed by atoms with E-state index in [2.05, 4.69) is 55.2 Å². The van der Waals surface area contributed by atoms with Crippen LogP contribution in [0.1, 0.15) is 11.1 Å². The van der Waals surface area contributed by atoms with Crippen LogP contribution in [0, 0.1) is 0 Å². The van der Waals surface area contributed by atoms with Crippen molar-refractivity contribution in [2.75, 3.05) is 23.7 Å². The first kappa shape index (κ1) is 18.3. The van der Waals surface area contributed by atoms with Crippen molar-refractivity contribution in [3.8, 4) is 0 Å². The first-order valence-corrected chi connectivity index (χ1v) is 9.62. The lowest BCUT2D eigenvalue weighted by Crippen LogP contribution is -2.11. The Balaban J connectivity index is 1.28. The van der Waals surface area contributed by atoms with E-state index in [1.54, 1.807) is 6.20 Å². The Labute approximate surface area is 168 Å². The lowest BCUT2D eigenvalue weighted by atomic mass is 10.1. The van der Waals surface area contributed by atoms with Crippen LogP contribution in [-0.4, -0.2) is 33.3 Å². The molecule has 0 atom stereocenters. The maximum absolute atomic E-state index is 5.91. The first-order chi connectivity index (χ1) is 13.8. The molecule has 0 aliphatic rings. The summed E-state index contributed by atoms with van der Waals surface area (Å²) >= 11 is 5.91. The SMILES string of the molecule is Clc1ccc(CCNc2cnnc(NCCc3c[nH]c4ccccc34)n2)cc1. The van der Waals surface area contributed by atoms with E-state index in [9.17, 15) is 0 Å². The minimum Gasteiger partial charge on any atom is -0.368 e. The summed E-state index contributed by atoms with van der Waals surface area (Å²) in [5.74, 6) is 1.23. The minimum atomic E-state index is 0.524. The fourth-order valence-corrected chi connectivity index (χ4v) is 3.22. The Hall–Kier alpha value is -3.12. The largest absolute Gasteiger partial charge is 0.368 e. The molecule has 0 unspecified atom stereocenters. The molecule has 2 aromatic heterocycles. The predicted octanol–water partition coefficient (Wildman–Crippen LogP) is 4.32. The van der Waals surface area contributed by atoms with Gasteiger partial charge in [0.05, 0.1) is 6.20 Å². The molecule has 0 saturated heterocycles. The molecule has 4 aromatic rings. The van der Waals surface area contributed by atoms with Gasteiger partial charge >= 0.3 is 0 Å². The summed E-state index contributed by atoms with van der Waals surface area (Å²) in [4.78, 5) is 7.77. The van der Waals surface area contributed by atoms with Crippen LogP contribution in [-0.2, 0) is 12.8 Å². The van der Waals surface area contributed by atoms with E-state index in [-0.39, 0.29) is 0 Å². The molecule has 7 heteroatoms. The van der Waals surface area contributed by atoms with Gasteiger partial charge in [-0.2, -0.15) is 10.1 Å². The maximum atomic E-state index is 5.91. The monoisotopic (exact) mass is 392 g/mol. The van der Waals surface area contributed by atoms with Gasteiger partial charge < -0.3 is 15.6 Å². The lowest BCUT2D eigenvalue weighted by molar-refractivity contribution is 0.917. The number of hydrogen-bond donors (Lipinski definition) is 3. The Morgan fingerprint density at radius 1 is 0.929 bits per heavy atom. The third-order valence-electron chi connectivity index (χ3n) is 4.54. The third kappa shape index (κ3) is 4.58. The number of fused-ring (bicyclic) bond motifs is 1. The topological polar surface area (TPSA) is 78.5 Å². The minimum absolute atomic E-state index is 0.524. The molecular weight excluding hydrogens is 372 g/mol. The van der Waals surface area contributed by atoms with Crippen molar-refractivity contribution in [3.63, 3.8) is 0 Å². The van der Waals surface area contributed by atoms with E-state index in [0.717, 1.165) is 36.5 Å². The fraction of sp³-hybridized carbons (Fsp3) is 0.190. The molecule has 0 spiro atoms. The molecule has 0 saturated carbocycles. The van der Waals surface area contributed by atoms with E-state index >= 15 is 0 Å². The van der Waals surface area contributed by atoms with E-state index in [4.69, 9.17) is 11.6 Å². The zero-order valence-corrected chi connectivity index (χ0v) is 16.1. The number of rotatable bonds is 8. The number of H-pyrrole nitrogens is 1. The van der Waals surface area contributed by atoms with Gasteiger partial charge in [-0.15, -0.1) is 5.10 Å². The number of benzene rings is 2. The van der Waals surface area contributed by atoms with E-state index in [1.807, 2.05) is 30.3 Å². The van der Waals surface area contributed by atoms with Gasteiger partial charge in [-0.3, -0.25) is 0 Å². The highest BCUT2D eigenvalue weighted by Crippen LogP contribution is 2.18. The average molecular weight is 393 g/mol. The van der Waals surface area contributed by atoms with Crippen LogP contribution >= 0.6 is 11.6 Å². The second kappa shape index (κ2) is 8.71. The van der Waals surface area contributed by atoms with Crippen LogP contribution in [0.25, 0.3) is 10.9 Å². The molecule has 0 aliphatic carbocycles. The van der Waals surface area contributed by atoms with E-state index in [1.165, 1.54) is 16.5 Å². The van der Waals surface area contributed by atoms with Gasteiger partial charge in [-0.25, -0.2) is 0 Å². The Morgan fingerprint density at radius 3 is 2.64 bits per heavy atom. The second-order valence-corrected chi connectivity index (χ2v) is 6.94. The number of hydrogen-bond acceptors (Lipinski definition) is 5. The smallest absolute Gasteiger partial charge is 0.244 e. The quantitative estimate of drug-likeness (QED) is 0.416. The lowest BCUT2D eigenvalue weighted by Gasteiger charge is -2.08. The van der Waals surface area contributed by atoms with Crippen molar-refractivity contribution >= 4 is 34.3 Å². The van der Waals surface area contributed by atoms with Crippen molar-refractivity contribution in [3.05, 3.63) is 77.1 Å². The number of nitrogens with one attached hydrogen (secondary N) is 3. The Morgan fingerprint density at radius 2 is 1.75 bits per heavy atom. The standard InChI is InChI=1S/C21H21ClN6/c22-17-7-5-15(6-8-17)9-11-23-20-14-26-28-21(27-20)24-12-10-16-13-25-19-4-2-1-3-18(16)19/h1-8,13-14,25H,9-12H2,(H2,23,24,27,28). The highest BCUT2D eigenvalue weighted by molar-refractivity contribution is 6.30. The average Bonchev–Trinajstić information content (AvgIpc) is 3.13.